The van der Waals surface area contributed by atoms with Gasteiger partial charge in [-0.1, -0.05) is 30.3 Å². The molecule has 0 fully saturated rings. The summed E-state index contributed by atoms with van der Waals surface area (Å²) in [5.74, 6) is 0.868. The van der Waals surface area contributed by atoms with Crippen LogP contribution in [0.4, 0.5) is 0 Å². The predicted octanol–water partition coefficient (Wildman–Crippen LogP) is 4.39. The summed E-state index contributed by atoms with van der Waals surface area (Å²) < 4.78 is 10.8. The predicted molar refractivity (Wildman–Crippen MR) is 94.0 cm³/mol. The third kappa shape index (κ3) is 2.61. The molecule has 1 atom stereocenters. The minimum absolute atomic E-state index is 0.0530. The molecular formula is C20H17NO3. The van der Waals surface area contributed by atoms with Gasteiger partial charge in [0.25, 0.3) is 0 Å². The van der Waals surface area contributed by atoms with E-state index in [-0.39, 0.29) is 11.7 Å². The Bertz CT molecular complexity index is 1050. The largest absolute Gasteiger partial charge is 0.468 e. The Morgan fingerprint density at radius 2 is 1.96 bits per heavy atom. The molecule has 4 nitrogen and oxygen atoms in total. The minimum atomic E-state index is -0.333. The van der Waals surface area contributed by atoms with Crippen molar-refractivity contribution in [2.24, 2.45) is 0 Å². The van der Waals surface area contributed by atoms with Crippen LogP contribution in [0.2, 0.25) is 0 Å². The quantitative estimate of drug-likeness (QED) is 0.448. The molecule has 0 saturated heterocycles. The van der Waals surface area contributed by atoms with E-state index in [4.69, 9.17) is 8.83 Å². The van der Waals surface area contributed by atoms with Gasteiger partial charge >= 0.3 is 5.63 Å². The lowest BCUT2D eigenvalue weighted by Crippen LogP contribution is -2.18. The SMILES string of the molecule is C[C@@H](NCc1cc(=O)oc2ccc3ccccc3c12)c1ccco1. The van der Waals surface area contributed by atoms with Crippen LogP contribution in [0.15, 0.2) is 74.5 Å². The van der Waals surface area contributed by atoms with Crippen molar-refractivity contribution in [3.8, 4) is 0 Å². The molecule has 1 N–H and O–H groups in total. The number of rotatable bonds is 4. The lowest BCUT2D eigenvalue weighted by Gasteiger charge is -2.13. The smallest absolute Gasteiger partial charge is 0.336 e. The Balaban J connectivity index is 1.79. The first kappa shape index (κ1) is 14.7. The number of furan rings is 1. The van der Waals surface area contributed by atoms with Crippen molar-refractivity contribution in [2.75, 3.05) is 0 Å². The van der Waals surface area contributed by atoms with Crippen LogP contribution in [-0.2, 0) is 6.54 Å². The Morgan fingerprint density at radius 1 is 1.08 bits per heavy atom. The highest BCUT2D eigenvalue weighted by atomic mass is 16.4. The molecule has 120 valence electrons. The van der Waals surface area contributed by atoms with Crippen LogP contribution in [0.1, 0.15) is 24.3 Å². The lowest BCUT2D eigenvalue weighted by molar-refractivity contribution is 0.430. The molecule has 0 bridgehead atoms. The number of fused-ring (bicyclic) bond motifs is 3. The lowest BCUT2D eigenvalue weighted by atomic mass is 10.0. The molecule has 2 aromatic heterocycles. The molecule has 4 aromatic rings. The van der Waals surface area contributed by atoms with E-state index in [2.05, 4.69) is 17.4 Å². The van der Waals surface area contributed by atoms with Gasteiger partial charge in [0.05, 0.1) is 12.3 Å². The fourth-order valence-corrected chi connectivity index (χ4v) is 3.06. The van der Waals surface area contributed by atoms with E-state index in [0.29, 0.717) is 12.1 Å². The average molecular weight is 319 g/mol. The second kappa shape index (κ2) is 5.98. The van der Waals surface area contributed by atoms with Crippen LogP contribution < -0.4 is 10.9 Å². The van der Waals surface area contributed by atoms with Gasteiger partial charge in [0.1, 0.15) is 11.3 Å². The summed E-state index contributed by atoms with van der Waals surface area (Å²) in [6.07, 6.45) is 1.66. The zero-order valence-electron chi connectivity index (χ0n) is 13.3. The van der Waals surface area contributed by atoms with Gasteiger partial charge in [0, 0.05) is 18.0 Å². The Morgan fingerprint density at radius 3 is 2.79 bits per heavy atom. The van der Waals surface area contributed by atoms with Gasteiger partial charge in [0.2, 0.25) is 0 Å². The normalized spacial score (nSPS) is 12.7. The zero-order chi connectivity index (χ0) is 16.5. The van der Waals surface area contributed by atoms with Gasteiger partial charge in [-0.15, -0.1) is 0 Å². The fraction of sp³-hybridized carbons (Fsp3) is 0.150. The van der Waals surface area contributed by atoms with Crippen LogP contribution in [0.3, 0.4) is 0 Å². The molecule has 2 heterocycles. The fourth-order valence-electron chi connectivity index (χ4n) is 3.06. The van der Waals surface area contributed by atoms with Crippen molar-refractivity contribution in [1.29, 1.82) is 0 Å². The van der Waals surface area contributed by atoms with Crippen LogP contribution in [0, 0.1) is 0 Å². The molecule has 0 unspecified atom stereocenters. The molecule has 0 saturated carbocycles. The third-order valence-electron chi connectivity index (χ3n) is 4.28. The van der Waals surface area contributed by atoms with Gasteiger partial charge in [-0.05, 0) is 41.5 Å². The monoisotopic (exact) mass is 319 g/mol. The summed E-state index contributed by atoms with van der Waals surface area (Å²) in [5, 5.41) is 6.60. The summed E-state index contributed by atoms with van der Waals surface area (Å²) in [5.41, 5.74) is 1.21. The van der Waals surface area contributed by atoms with Crippen LogP contribution in [-0.4, -0.2) is 0 Å². The summed E-state index contributed by atoms with van der Waals surface area (Å²) in [7, 11) is 0. The molecule has 0 aliphatic carbocycles. The van der Waals surface area contributed by atoms with E-state index >= 15 is 0 Å². The highest BCUT2D eigenvalue weighted by Crippen LogP contribution is 2.27. The number of hydrogen-bond acceptors (Lipinski definition) is 4. The summed E-state index contributed by atoms with van der Waals surface area (Å²) in [6, 6.07) is 17.4. The van der Waals surface area contributed by atoms with Crippen LogP contribution in [0.5, 0.6) is 0 Å². The van der Waals surface area contributed by atoms with Gasteiger partial charge in [0.15, 0.2) is 0 Å². The maximum atomic E-state index is 11.9. The van der Waals surface area contributed by atoms with Crippen LogP contribution in [0.25, 0.3) is 21.7 Å². The molecule has 0 radical (unpaired) electrons. The molecule has 4 heteroatoms. The van der Waals surface area contributed by atoms with Crippen molar-refractivity contribution in [1.82, 2.24) is 5.32 Å². The summed E-state index contributed by atoms with van der Waals surface area (Å²) in [6.45, 7) is 2.59. The van der Waals surface area contributed by atoms with Crippen molar-refractivity contribution < 1.29 is 8.83 Å². The van der Waals surface area contributed by atoms with Crippen molar-refractivity contribution in [3.63, 3.8) is 0 Å². The Labute approximate surface area is 138 Å². The first-order valence-electron chi connectivity index (χ1n) is 7.93. The van der Waals surface area contributed by atoms with Gasteiger partial charge in [-0.25, -0.2) is 4.79 Å². The number of benzene rings is 2. The highest BCUT2D eigenvalue weighted by molar-refractivity contribution is 6.07. The zero-order valence-corrected chi connectivity index (χ0v) is 13.3. The second-order valence-corrected chi connectivity index (χ2v) is 5.87. The standard InChI is InChI=1S/C20H17NO3/c1-13(17-7-4-10-23-17)21-12-15-11-19(22)24-18-9-8-14-5-2-3-6-16(14)20(15)18/h2-11,13,21H,12H2,1H3/t13-/m1/s1. The molecular weight excluding hydrogens is 302 g/mol. The maximum Gasteiger partial charge on any atom is 0.336 e. The molecule has 2 aromatic carbocycles. The first-order valence-corrected chi connectivity index (χ1v) is 7.93. The van der Waals surface area contributed by atoms with Crippen molar-refractivity contribution >= 4 is 21.7 Å². The Hall–Kier alpha value is -2.85. The van der Waals surface area contributed by atoms with Gasteiger partial charge < -0.3 is 14.2 Å². The van der Waals surface area contributed by atoms with Crippen LogP contribution >= 0.6 is 0 Å². The van der Waals surface area contributed by atoms with Crippen molar-refractivity contribution in [3.05, 3.63) is 82.6 Å². The molecule has 0 aliphatic rings. The second-order valence-electron chi connectivity index (χ2n) is 5.87. The number of nitrogens with one attached hydrogen (secondary N) is 1. The van der Waals surface area contributed by atoms with Crippen molar-refractivity contribution in [2.45, 2.75) is 19.5 Å². The minimum Gasteiger partial charge on any atom is -0.468 e. The maximum absolute atomic E-state index is 11.9. The molecule has 0 aliphatic heterocycles. The summed E-state index contributed by atoms with van der Waals surface area (Å²) in [4.78, 5) is 11.9. The Kier molecular flexibility index (Phi) is 3.67. The molecule has 4 rings (SSSR count). The average Bonchev–Trinajstić information content (AvgIpc) is 3.13. The van der Waals surface area contributed by atoms with E-state index in [1.54, 1.807) is 12.3 Å². The number of hydrogen-bond donors (Lipinski definition) is 1. The third-order valence-corrected chi connectivity index (χ3v) is 4.28. The molecule has 0 amide bonds. The highest BCUT2D eigenvalue weighted by Gasteiger charge is 2.12. The molecule has 0 spiro atoms. The van der Waals surface area contributed by atoms with E-state index in [9.17, 15) is 4.79 Å². The first-order chi connectivity index (χ1) is 11.7. The summed E-state index contributed by atoms with van der Waals surface area (Å²) >= 11 is 0. The van der Waals surface area contributed by atoms with Gasteiger partial charge in [-0.2, -0.15) is 0 Å². The molecule has 24 heavy (non-hydrogen) atoms. The van der Waals surface area contributed by atoms with E-state index in [0.717, 1.165) is 27.5 Å². The van der Waals surface area contributed by atoms with E-state index < -0.39 is 0 Å². The van der Waals surface area contributed by atoms with Gasteiger partial charge in [-0.3, -0.25) is 0 Å². The van der Waals surface area contributed by atoms with E-state index in [1.165, 1.54) is 0 Å². The topological polar surface area (TPSA) is 55.4 Å². The van der Waals surface area contributed by atoms with E-state index in [1.807, 2.05) is 43.3 Å².